The van der Waals surface area contributed by atoms with Gasteiger partial charge >= 0.3 is 0 Å². The third-order valence-corrected chi connectivity index (χ3v) is 4.17. The van der Waals surface area contributed by atoms with Gasteiger partial charge in [0.25, 0.3) is 0 Å². The van der Waals surface area contributed by atoms with Crippen LogP contribution in [0.1, 0.15) is 18.4 Å². The Labute approximate surface area is 131 Å². The van der Waals surface area contributed by atoms with Crippen molar-refractivity contribution in [2.24, 2.45) is 5.92 Å². The fourth-order valence-electron chi connectivity index (χ4n) is 2.70. The van der Waals surface area contributed by atoms with Crippen molar-refractivity contribution < 1.29 is 9.53 Å². The summed E-state index contributed by atoms with van der Waals surface area (Å²) >= 11 is 6.06. The van der Waals surface area contributed by atoms with Crippen LogP contribution in [0.3, 0.4) is 0 Å². The first-order valence-electron chi connectivity index (χ1n) is 7.44. The molecule has 1 fully saturated rings. The summed E-state index contributed by atoms with van der Waals surface area (Å²) in [5, 5.41) is 3.86. The van der Waals surface area contributed by atoms with Crippen molar-refractivity contribution in [3.8, 4) is 0 Å². The number of hydrogen-bond acceptors (Lipinski definition) is 3. The summed E-state index contributed by atoms with van der Waals surface area (Å²) in [6.45, 7) is 3.13. The Morgan fingerprint density at radius 3 is 3.05 bits per heavy atom. The van der Waals surface area contributed by atoms with Gasteiger partial charge in [0.15, 0.2) is 0 Å². The molecule has 1 aromatic carbocycles. The van der Waals surface area contributed by atoms with Gasteiger partial charge in [0.05, 0.1) is 6.61 Å². The van der Waals surface area contributed by atoms with Crippen LogP contribution in [-0.4, -0.2) is 44.1 Å². The second kappa shape index (κ2) is 8.37. The van der Waals surface area contributed by atoms with E-state index in [0.717, 1.165) is 31.6 Å². The van der Waals surface area contributed by atoms with E-state index in [1.807, 2.05) is 36.2 Å². The molecule has 0 aromatic heterocycles. The second-order valence-electron chi connectivity index (χ2n) is 5.49. The van der Waals surface area contributed by atoms with Crippen LogP contribution >= 0.6 is 11.6 Å². The third-order valence-electron chi connectivity index (χ3n) is 3.81. The first kappa shape index (κ1) is 16.3. The van der Waals surface area contributed by atoms with Crippen LogP contribution in [0.25, 0.3) is 0 Å². The lowest BCUT2D eigenvalue weighted by Gasteiger charge is -2.32. The molecule has 4 nitrogen and oxygen atoms in total. The van der Waals surface area contributed by atoms with Gasteiger partial charge in [-0.3, -0.25) is 4.79 Å². The molecule has 1 saturated heterocycles. The second-order valence-corrected chi connectivity index (χ2v) is 5.90. The Hall–Kier alpha value is -1.10. The average Bonchev–Trinajstić information content (AvgIpc) is 2.50. The van der Waals surface area contributed by atoms with Crippen LogP contribution in [-0.2, 0) is 16.1 Å². The lowest BCUT2D eigenvalue weighted by Crippen LogP contribution is -2.43. The van der Waals surface area contributed by atoms with Crippen molar-refractivity contribution in [1.29, 1.82) is 0 Å². The summed E-state index contributed by atoms with van der Waals surface area (Å²) in [6, 6.07) is 7.54. The monoisotopic (exact) mass is 310 g/mol. The van der Waals surface area contributed by atoms with Crippen LogP contribution < -0.4 is 5.32 Å². The fraction of sp³-hybridized carbons (Fsp3) is 0.562. The average molecular weight is 311 g/mol. The van der Waals surface area contributed by atoms with E-state index in [4.69, 9.17) is 16.3 Å². The van der Waals surface area contributed by atoms with Crippen molar-refractivity contribution >= 4 is 17.5 Å². The number of rotatable bonds is 6. The van der Waals surface area contributed by atoms with E-state index in [1.165, 1.54) is 6.42 Å². The molecule has 1 atom stereocenters. The summed E-state index contributed by atoms with van der Waals surface area (Å²) < 4.78 is 5.52. The SMILES string of the molecule is CNC[C@@H]1CCCN(C(=O)COCc2ccccc2Cl)C1. The minimum Gasteiger partial charge on any atom is -0.367 e. The predicted molar refractivity (Wildman–Crippen MR) is 84.3 cm³/mol. The molecule has 1 N–H and O–H groups in total. The molecular weight excluding hydrogens is 288 g/mol. The lowest BCUT2D eigenvalue weighted by atomic mass is 9.98. The maximum absolute atomic E-state index is 12.2. The van der Waals surface area contributed by atoms with Gasteiger partial charge in [-0.2, -0.15) is 0 Å². The van der Waals surface area contributed by atoms with Gasteiger partial charge in [-0.1, -0.05) is 29.8 Å². The molecule has 21 heavy (non-hydrogen) atoms. The molecule has 0 saturated carbocycles. The number of amides is 1. The number of nitrogens with one attached hydrogen (secondary N) is 1. The van der Waals surface area contributed by atoms with E-state index in [-0.39, 0.29) is 12.5 Å². The number of piperidine rings is 1. The zero-order valence-corrected chi connectivity index (χ0v) is 13.2. The van der Waals surface area contributed by atoms with Crippen LogP contribution in [0.15, 0.2) is 24.3 Å². The molecule has 1 heterocycles. The van der Waals surface area contributed by atoms with Crippen LogP contribution in [0, 0.1) is 5.92 Å². The standard InChI is InChI=1S/C16H23ClN2O2/c1-18-9-13-5-4-8-19(10-13)16(20)12-21-11-14-6-2-3-7-15(14)17/h2-3,6-7,13,18H,4-5,8-12H2,1H3/t13-/m0/s1. The third kappa shape index (κ3) is 4.99. The van der Waals surface area contributed by atoms with Crippen LogP contribution in [0.5, 0.6) is 0 Å². The van der Waals surface area contributed by atoms with Crippen molar-refractivity contribution in [3.63, 3.8) is 0 Å². The largest absolute Gasteiger partial charge is 0.367 e. The van der Waals surface area contributed by atoms with Crippen molar-refractivity contribution in [2.45, 2.75) is 19.4 Å². The Morgan fingerprint density at radius 1 is 1.48 bits per heavy atom. The van der Waals surface area contributed by atoms with E-state index in [1.54, 1.807) is 0 Å². The molecule has 0 aliphatic carbocycles. The molecule has 116 valence electrons. The molecule has 1 aliphatic heterocycles. The Morgan fingerprint density at radius 2 is 2.29 bits per heavy atom. The van der Waals surface area contributed by atoms with Gasteiger partial charge in [0, 0.05) is 18.1 Å². The summed E-state index contributed by atoms with van der Waals surface area (Å²) in [4.78, 5) is 14.1. The predicted octanol–water partition coefficient (Wildman–Crippen LogP) is 2.31. The van der Waals surface area contributed by atoms with Crippen LogP contribution in [0.4, 0.5) is 0 Å². The number of benzene rings is 1. The van der Waals surface area contributed by atoms with Gasteiger partial charge in [-0.05, 0) is 44.0 Å². The molecule has 5 heteroatoms. The highest BCUT2D eigenvalue weighted by molar-refractivity contribution is 6.31. The molecule has 1 aliphatic rings. The highest BCUT2D eigenvalue weighted by Crippen LogP contribution is 2.17. The maximum atomic E-state index is 12.2. The lowest BCUT2D eigenvalue weighted by molar-refractivity contribution is -0.138. The van der Waals surface area contributed by atoms with E-state index in [0.29, 0.717) is 17.5 Å². The summed E-state index contributed by atoms with van der Waals surface area (Å²) in [6.07, 6.45) is 2.26. The molecule has 0 spiro atoms. The van der Waals surface area contributed by atoms with E-state index in [9.17, 15) is 4.79 Å². The number of hydrogen-bond donors (Lipinski definition) is 1. The minimum absolute atomic E-state index is 0.0721. The van der Waals surface area contributed by atoms with E-state index < -0.39 is 0 Å². The highest BCUT2D eigenvalue weighted by atomic mass is 35.5. The smallest absolute Gasteiger partial charge is 0.248 e. The summed E-state index contributed by atoms with van der Waals surface area (Å²) in [5.41, 5.74) is 0.915. The molecule has 0 unspecified atom stereocenters. The van der Waals surface area contributed by atoms with Crippen molar-refractivity contribution in [3.05, 3.63) is 34.9 Å². The van der Waals surface area contributed by atoms with Crippen molar-refractivity contribution in [2.75, 3.05) is 33.3 Å². The quantitative estimate of drug-likeness (QED) is 0.877. The fourth-order valence-corrected chi connectivity index (χ4v) is 2.89. The Kier molecular flexibility index (Phi) is 6.49. The van der Waals surface area contributed by atoms with E-state index in [2.05, 4.69) is 5.32 Å². The Balaban J connectivity index is 1.75. The maximum Gasteiger partial charge on any atom is 0.248 e. The highest BCUT2D eigenvalue weighted by Gasteiger charge is 2.23. The van der Waals surface area contributed by atoms with Gasteiger partial charge in [-0.25, -0.2) is 0 Å². The topological polar surface area (TPSA) is 41.6 Å². The van der Waals surface area contributed by atoms with E-state index >= 15 is 0 Å². The zero-order valence-electron chi connectivity index (χ0n) is 12.5. The molecule has 1 aromatic rings. The molecule has 0 radical (unpaired) electrons. The van der Waals surface area contributed by atoms with Gasteiger partial charge in [0.2, 0.25) is 5.91 Å². The number of carbonyl (C=O) groups is 1. The summed E-state index contributed by atoms with van der Waals surface area (Å²) in [5.74, 6) is 0.624. The molecule has 0 bridgehead atoms. The normalized spacial score (nSPS) is 18.8. The number of nitrogens with zero attached hydrogens (tertiary/aromatic N) is 1. The minimum atomic E-state index is 0.0721. The molecular formula is C16H23ClN2O2. The molecule has 1 amide bonds. The number of carbonyl (C=O) groups excluding carboxylic acids is 1. The Bertz CT molecular complexity index is 465. The van der Waals surface area contributed by atoms with Gasteiger partial charge in [-0.15, -0.1) is 0 Å². The zero-order chi connectivity index (χ0) is 15.1. The first-order chi connectivity index (χ1) is 10.2. The number of likely N-dealkylation sites (tertiary alicyclic amines) is 1. The van der Waals surface area contributed by atoms with Crippen molar-refractivity contribution in [1.82, 2.24) is 10.2 Å². The first-order valence-corrected chi connectivity index (χ1v) is 7.82. The number of ether oxygens (including phenoxy) is 1. The summed E-state index contributed by atoms with van der Waals surface area (Å²) in [7, 11) is 1.95. The van der Waals surface area contributed by atoms with Gasteiger partial charge in [0.1, 0.15) is 6.61 Å². The van der Waals surface area contributed by atoms with Crippen LogP contribution in [0.2, 0.25) is 5.02 Å². The number of halogens is 1. The van der Waals surface area contributed by atoms with Gasteiger partial charge < -0.3 is 15.0 Å². The molecule has 2 rings (SSSR count).